The summed E-state index contributed by atoms with van der Waals surface area (Å²) in [6.07, 6.45) is 0.407. The number of carbonyl (C=O) groups excluding carboxylic acids is 1. The third kappa shape index (κ3) is 7.50. The molecule has 0 fully saturated rings. The molecule has 4 nitrogen and oxygen atoms in total. The number of ether oxygens (including phenoxy) is 1. The second-order valence-corrected chi connectivity index (χ2v) is 2.71. The van der Waals surface area contributed by atoms with Gasteiger partial charge in [-0.05, 0) is 13.3 Å². The molecule has 0 unspecified atom stereocenters. The van der Waals surface area contributed by atoms with Crippen molar-refractivity contribution in [1.82, 2.24) is 5.32 Å². The van der Waals surface area contributed by atoms with E-state index in [0.29, 0.717) is 6.61 Å². The molecule has 2 N–H and O–H groups in total. The Balaban J connectivity index is 3.22. The average molecular weight is 175 g/mol. The molecule has 0 heterocycles. The fraction of sp³-hybridized carbons (Fsp3) is 0.875. The van der Waals surface area contributed by atoms with Crippen molar-refractivity contribution in [1.29, 1.82) is 0 Å². The molecule has 0 aromatic rings. The SMILES string of the molecule is CCCOCC(=O)NC[C@@H](C)O. The number of hydrogen-bond acceptors (Lipinski definition) is 3. The Morgan fingerprint density at radius 3 is 2.83 bits per heavy atom. The molecule has 0 aromatic carbocycles. The van der Waals surface area contributed by atoms with E-state index in [2.05, 4.69) is 5.32 Å². The number of nitrogens with one attached hydrogen (secondary N) is 1. The van der Waals surface area contributed by atoms with Gasteiger partial charge >= 0.3 is 0 Å². The summed E-state index contributed by atoms with van der Waals surface area (Å²) in [7, 11) is 0. The van der Waals surface area contributed by atoms with Gasteiger partial charge in [0.05, 0.1) is 6.10 Å². The van der Waals surface area contributed by atoms with Crippen LogP contribution in [0.4, 0.5) is 0 Å². The van der Waals surface area contributed by atoms with E-state index in [9.17, 15) is 4.79 Å². The Labute approximate surface area is 72.9 Å². The van der Waals surface area contributed by atoms with E-state index in [4.69, 9.17) is 9.84 Å². The third-order valence-electron chi connectivity index (χ3n) is 1.18. The summed E-state index contributed by atoms with van der Waals surface area (Å²) in [6.45, 7) is 4.57. The topological polar surface area (TPSA) is 58.6 Å². The van der Waals surface area contributed by atoms with Crippen molar-refractivity contribution in [3.05, 3.63) is 0 Å². The van der Waals surface area contributed by atoms with Crippen LogP contribution in [0.3, 0.4) is 0 Å². The average Bonchev–Trinajstić information content (AvgIpc) is 2.01. The van der Waals surface area contributed by atoms with E-state index in [1.54, 1.807) is 6.92 Å². The number of amides is 1. The minimum atomic E-state index is -0.500. The maximum atomic E-state index is 10.9. The van der Waals surface area contributed by atoms with Gasteiger partial charge in [-0.15, -0.1) is 0 Å². The van der Waals surface area contributed by atoms with Gasteiger partial charge in [-0.2, -0.15) is 0 Å². The first-order valence-electron chi connectivity index (χ1n) is 4.19. The first-order chi connectivity index (χ1) is 5.66. The molecule has 0 spiro atoms. The number of hydrogen-bond donors (Lipinski definition) is 2. The van der Waals surface area contributed by atoms with E-state index in [1.807, 2.05) is 6.92 Å². The van der Waals surface area contributed by atoms with Crippen LogP contribution in [0, 0.1) is 0 Å². The van der Waals surface area contributed by atoms with Crippen molar-refractivity contribution in [3.8, 4) is 0 Å². The van der Waals surface area contributed by atoms with Crippen molar-refractivity contribution < 1.29 is 14.6 Å². The molecule has 12 heavy (non-hydrogen) atoms. The lowest BCUT2D eigenvalue weighted by atomic mass is 10.4. The maximum Gasteiger partial charge on any atom is 0.246 e. The number of aliphatic hydroxyl groups excluding tert-OH is 1. The van der Waals surface area contributed by atoms with E-state index >= 15 is 0 Å². The second-order valence-electron chi connectivity index (χ2n) is 2.71. The predicted octanol–water partition coefficient (Wildman–Crippen LogP) is -0.0900. The highest BCUT2D eigenvalue weighted by molar-refractivity contribution is 5.77. The van der Waals surface area contributed by atoms with Crippen molar-refractivity contribution in [3.63, 3.8) is 0 Å². The molecule has 0 rings (SSSR count). The van der Waals surface area contributed by atoms with Crippen LogP contribution in [-0.2, 0) is 9.53 Å². The summed E-state index contributed by atoms with van der Waals surface area (Å²) in [5, 5.41) is 11.3. The summed E-state index contributed by atoms with van der Waals surface area (Å²) >= 11 is 0. The highest BCUT2D eigenvalue weighted by Gasteiger charge is 2.01. The van der Waals surface area contributed by atoms with E-state index in [-0.39, 0.29) is 19.1 Å². The highest BCUT2D eigenvalue weighted by atomic mass is 16.5. The summed E-state index contributed by atoms with van der Waals surface area (Å²) < 4.78 is 4.98. The minimum Gasteiger partial charge on any atom is -0.392 e. The van der Waals surface area contributed by atoms with Crippen LogP contribution < -0.4 is 5.32 Å². The van der Waals surface area contributed by atoms with Gasteiger partial charge in [0.1, 0.15) is 6.61 Å². The van der Waals surface area contributed by atoms with Crippen molar-refractivity contribution in [2.75, 3.05) is 19.8 Å². The number of rotatable bonds is 6. The minimum absolute atomic E-state index is 0.0839. The summed E-state index contributed by atoms with van der Waals surface area (Å²) in [5.41, 5.74) is 0. The van der Waals surface area contributed by atoms with Crippen LogP contribution in [0.2, 0.25) is 0 Å². The van der Waals surface area contributed by atoms with E-state index in [0.717, 1.165) is 6.42 Å². The fourth-order valence-corrected chi connectivity index (χ4v) is 0.622. The molecule has 1 atom stereocenters. The van der Waals surface area contributed by atoms with Gasteiger partial charge in [-0.25, -0.2) is 0 Å². The van der Waals surface area contributed by atoms with Crippen LogP contribution in [0.1, 0.15) is 20.3 Å². The lowest BCUT2D eigenvalue weighted by Gasteiger charge is -2.06. The summed E-state index contributed by atoms with van der Waals surface area (Å²) in [5.74, 6) is -0.177. The highest BCUT2D eigenvalue weighted by Crippen LogP contribution is 1.80. The van der Waals surface area contributed by atoms with Gasteiger partial charge in [0.25, 0.3) is 0 Å². The van der Waals surface area contributed by atoms with Gasteiger partial charge in [-0.1, -0.05) is 6.92 Å². The van der Waals surface area contributed by atoms with Gasteiger partial charge < -0.3 is 15.2 Å². The quantitative estimate of drug-likeness (QED) is 0.555. The van der Waals surface area contributed by atoms with Gasteiger partial charge in [0.15, 0.2) is 0 Å². The fourth-order valence-electron chi connectivity index (χ4n) is 0.622. The van der Waals surface area contributed by atoms with Crippen molar-refractivity contribution in [2.24, 2.45) is 0 Å². The first-order valence-corrected chi connectivity index (χ1v) is 4.19. The van der Waals surface area contributed by atoms with Crippen LogP contribution >= 0.6 is 0 Å². The number of aliphatic hydroxyl groups is 1. The normalized spacial score (nSPS) is 12.6. The zero-order valence-corrected chi connectivity index (χ0v) is 7.67. The third-order valence-corrected chi connectivity index (χ3v) is 1.18. The summed E-state index contributed by atoms with van der Waals surface area (Å²) in [6, 6.07) is 0. The second kappa shape index (κ2) is 7.06. The molecule has 0 aliphatic heterocycles. The largest absolute Gasteiger partial charge is 0.392 e. The standard InChI is InChI=1S/C8H17NO3/c1-3-4-12-6-8(11)9-5-7(2)10/h7,10H,3-6H2,1-2H3,(H,9,11)/t7-/m1/s1. The Morgan fingerprint density at radius 2 is 2.33 bits per heavy atom. The van der Waals surface area contributed by atoms with E-state index in [1.165, 1.54) is 0 Å². The Hall–Kier alpha value is -0.610. The zero-order valence-electron chi connectivity index (χ0n) is 7.67. The van der Waals surface area contributed by atoms with Crippen LogP contribution in [0.5, 0.6) is 0 Å². The molecule has 0 aliphatic carbocycles. The molecule has 0 radical (unpaired) electrons. The summed E-state index contributed by atoms with van der Waals surface area (Å²) in [4.78, 5) is 10.9. The van der Waals surface area contributed by atoms with Crippen LogP contribution in [-0.4, -0.2) is 36.9 Å². The number of carbonyl (C=O) groups is 1. The van der Waals surface area contributed by atoms with Crippen molar-refractivity contribution in [2.45, 2.75) is 26.4 Å². The molecule has 4 heteroatoms. The first kappa shape index (κ1) is 11.4. The molecule has 1 amide bonds. The molecule has 0 bridgehead atoms. The van der Waals surface area contributed by atoms with Gasteiger partial charge in [-0.3, -0.25) is 4.79 Å². The van der Waals surface area contributed by atoms with Crippen molar-refractivity contribution >= 4 is 5.91 Å². The van der Waals surface area contributed by atoms with Crippen LogP contribution in [0.25, 0.3) is 0 Å². The lowest BCUT2D eigenvalue weighted by Crippen LogP contribution is -2.33. The zero-order chi connectivity index (χ0) is 9.40. The molecule has 0 saturated heterocycles. The Kier molecular flexibility index (Phi) is 6.70. The molecule has 0 aromatic heterocycles. The molecular formula is C8H17NO3. The van der Waals surface area contributed by atoms with Gasteiger partial charge in [0.2, 0.25) is 5.91 Å². The Morgan fingerprint density at radius 1 is 1.67 bits per heavy atom. The smallest absolute Gasteiger partial charge is 0.246 e. The van der Waals surface area contributed by atoms with Crippen LogP contribution in [0.15, 0.2) is 0 Å². The molecule has 0 saturated carbocycles. The Bertz CT molecular complexity index is 125. The molecule has 72 valence electrons. The van der Waals surface area contributed by atoms with Gasteiger partial charge in [0, 0.05) is 13.2 Å². The molecular weight excluding hydrogens is 158 g/mol. The molecule has 0 aliphatic rings. The predicted molar refractivity (Wildman–Crippen MR) is 45.8 cm³/mol. The monoisotopic (exact) mass is 175 g/mol. The van der Waals surface area contributed by atoms with E-state index < -0.39 is 6.10 Å². The maximum absolute atomic E-state index is 10.9. The lowest BCUT2D eigenvalue weighted by molar-refractivity contribution is -0.126.